The fraction of sp³-hybridized carbons (Fsp3) is 0.600. The molecule has 1 aromatic carbocycles. The zero-order chi connectivity index (χ0) is 13.4. The lowest BCUT2D eigenvalue weighted by molar-refractivity contribution is 0.134. The van der Waals surface area contributed by atoms with E-state index in [0.29, 0.717) is 6.61 Å². The molecule has 0 aliphatic heterocycles. The number of aliphatic hydroxyl groups excluding tert-OH is 1. The summed E-state index contributed by atoms with van der Waals surface area (Å²) in [5.41, 5.74) is 2.19. The molecule has 0 amide bonds. The van der Waals surface area contributed by atoms with E-state index in [1.807, 2.05) is 19.1 Å². The predicted octanol–water partition coefficient (Wildman–Crippen LogP) is 3.04. The van der Waals surface area contributed by atoms with Gasteiger partial charge in [-0.15, -0.1) is 0 Å². The van der Waals surface area contributed by atoms with Crippen molar-refractivity contribution in [2.24, 2.45) is 5.41 Å². The van der Waals surface area contributed by atoms with E-state index in [-0.39, 0.29) is 12.0 Å². The summed E-state index contributed by atoms with van der Waals surface area (Å²) >= 11 is 0. The number of rotatable bonds is 8. The minimum absolute atomic E-state index is 0.0707. The minimum Gasteiger partial charge on any atom is -0.396 e. The van der Waals surface area contributed by atoms with Crippen LogP contribution in [0.2, 0.25) is 0 Å². The van der Waals surface area contributed by atoms with Gasteiger partial charge in [0.2, 0.25) is 0 Å². The summed E-state index contributed by atoms with van der Waals surface area (Å²) < 4.78 is 5.46. The summed E-state index contributed by atoms with van der Waals surface area (Å²) in [6.07, 6.45) is 0.949. The molecule has 1 atom stereocenters. The molecule has 1 aromatic rings. The van der Waals surface area contributed by atoms with Crippen molar-refractivity contribution in [3.8, 4) is 0 Å². The molecule has 0 aliphatic rings. The summed E-state index contributed by atoms with van der Waals surface area (Å²) in [6, 6.07) is 8.16. The third-order valence-electron chi connectivity index (χ3n) is 3.42. The van der Waals surface area contributed by atoms with Crippen molar-refractivity contribution in [3.63, 3.8) is 0 Å². The van der Waals surface area contributed by atoms with Gasteiger partial charge in [0, 0.05) is 29.8 Å². The predicted molar refractivity (Wildman–Crippen MR) is 75.7 cm³/mol. The van der Waals surface area contributed by atoms with Crippen LogP contribution in [0.3, 0.4) is 0 Å². The number of benzene rings is 1. The lowest BCUT2D eigenvalue weighted by Gasteiger charge is -2.27. The molecule has 0 fully saturated rings. The van der Waals surface area contributed by atoms with Crippen molar-refractivity contribution >= 4 is 5.69 Å². The quantitative estimate of drug-likeness (QED) is 0.746. The smallest absolute Gasteiger partial charge is 0.0736 e. The summed E-state index contributed by atoms with van der Waals surface area (Å²) in [4.78, 5) is 0. The Balaban J connectivity index is 2.66. The molecule has 102 valence electrons. The van der Waals surface area contributed by atoms with Gasteiger partial charge in [0.15, 0.2) is 0 Å². The summed E-state index contributed by atoms with van der Waals surface area (Å²) in [5, 5.41) is 12.8. The maximum atomic E-state index is 9.41. The van der Waals surface area contributed by atoms with E-state index in [1.54, 1.807) is 0 Å². The average Bonchev–Trinajstić information content (AvgIpc) is 2.43. The van der Waals surface area contributed by atoms with Crippen LogP contribution in [-0.4, -0.2) is 24.9 Å². The largest absolute Gasteiger partial charge is 0.396 e. The zero-order valence-electron chi connectivity index (χ0n) is 11.7. The number of para-hydroxylation sites is 1. The average molecular weight is 251 g/mol. The van der Waals surface area contributed by atoms with Crippen molar-refractivity contribution < 1.29 is 9.84 Å². The Morgan fingerprint density at radius 2 is 2.00 bits per heavy atom. The molecule has 0 bridgehead atoms. The molecular formula is C15H25NO2. The fourth-order valence-corrected chi connectivity index (χ4v) is 1.63. The first-order valence-corrected chi connectivity index (χ1v) is 6.65. The molecule has 3 nitrogen and oxygen atoms in total. The van der Waals surface area contributed by atoms with Gasteiger partial charge in [0.25, 0.3) is 0 Å². The second kappa shape index (κ2) is 7.39. The highest BCUT2D eigenvalue weighted by atomic mass is 16.5. The molecule has 18 heavy (non-hydrogen) atoms. The molecule has 0 aromatic heterocycles. The fourth-order valence-electron chi connectivity index (χ4n) is 1.63. The van der Waals surface area contributed by atoms with Gasteiger partial charge in [-0.05, 0) is 19.4 Å². The molecule has 0 saturated carbocycles. The molecule has 1 rings (SSSR count). The standard InChI is InChI=1S/C15H25NO2/c1-4-15(3,12-17)11-16-14-9-7-6-8-13(14)10-18-5-2/h6-9,16-17H,4-5,10-12H2,1-3H3. The second-order valence-electron chi connectivity index (χ2n) is 4.97. The number of hydrogen-bond donors (Lipinski definition) is 2. The Labute approximate surface area is 110 Å². The van der Waals surface area contributed by atoms with Crippen molar-refractivity contribution in [2.45, 2.75) is 33.8 Å². The van der Waals surface area contributed by atoms with Crippen LogP contribution < -0.4 is 5.32 Å². The first kappa shape index (κ1) is 15.0. The van der Waals surface area contributed by atoms with Gasteiger partial charge in [-0.3, -0.25) is 0 Å². The van der Waals surface area contributed by atoms with Gasteiger partial charge >= 0.3 is 0 Å². The van der Waals surface area contributed by atoms with Gasteiger partial charge < -0.3 is 15.2 Å². The Hall–Kier alpha value is -1.06. The van der Waals surface area contributed by atoms with Gasteiger partial charge in [-0.1, -0.05) is 32.0 Å². The first-order chi connectivity index (χ1) is 8.65. The van der Waals surface area contributed by atoms with E-state index < -0.39 is 0 Å². The Bertz CT molecular complexity index is 348. The number of anilines is 1. The van der Waals surface area contributed by atoms with Gasteiger partial charge in [0.1, 0.15) is 0 Å². The van der Waals surface area contributed by atoms with Gasteiger partial charge in [-0.25, -0.2) is 0 Å². The third kappa shape index (κ3) is 4.31. The first-order valence-electron chi connectivity index (χ1n) is 6.65. The second-order valence-corrected chi connectivity index (χ2v) is 4.97. The summed E-state index contributed by atoms with van der Waals surface area (Å²) in [7, 11) is 0. The highest BCUT2D eigenvalue weighted by Gasteiger charge is 2.20. The summed E-state index contributed by atoms with van der Waals surface area (Å²) in [6.45, 7) is 8.50. The summed E-state index contributed by atoms with van der Waals surface area (Å²) in [5.74, 6) is 0. The van der Waals surface area contributed by atoms with Crippen LogP contribution in [0.15, 0.2) is 24.3 Å². The monoisotopic (exact) mass is 251 g/mol. The molecule has 0 aliphatic carbocycles. The minimum atomic E-state index is -0.0707. The van der Waals surface area contributed by atoms with Crippen LogP contribution in [0.25, 0.3) is 0 Å². The van der Waals surface area contributed by atoms with Gasteiger partial charge in [-0.2, -0.15) is 0 Å². The SMILES string of the molecule is CCOCc1ccccc1NCC(C)(CC)CO. The molecule has 0 spiro atoms. The molecule has 0 radical (unpaired) electrons. The Morgan fingerprint density at radius 1 is 1.28 bits per heavy atom. The molecular weight excluding hydrogens is 226 g/mol. The number of hydrogen-bond acceptors (Lipinski definition) is 3. The third-order valence-corrected chi connectivity index (χ3v) is 3.42. The van der Waals surface area contributed by atoms with Crippen LogP contribution in [0.5, 0.6) is 0 Å². The number of ether oxygens (including phenoxy) is 1. The topological polar surface area (TPSA) is 41.5 Å². The van der Waals surface area contributed by atoms with Crippen LogP contribution in [0, 0.1) is 5.41 Å². The van der Waals surface area contributed by atoms with Crippen LogP contribution in [-0.2, 0) is 11.3 Å². The van der Waals surface area contributed by atoms with E-state index in [1.165, 1.54) is 0 Å². The molecule has 0 heterocycles. The Kier molecular flexibility index (Phi) is 6.16. The van der Waals surface area contributed by atoms with Crippen molar-refractivity contribution in [3.05, 3.63) is 29.8 Å². The molecule has 3 heteroatoms. The Morgan fingerprint density at radius 3 is 2.61 bits per heavy atom. The van der Waals surface area contributed by atoms with Crippen molar-refractivity contribution in [1.29, 1.82) is 0 Å². The van der Waals surface area contributed by atoms with E-state index in [4.69, 9.17) is 4.74 Å². The molecule has 1 unspecified atom stereocenters. The maximum Gasteiger partial charge on any atom is 0.0736 e. The van der Waals surface area contributed by atoms with Crippen LogP contribution >= 0.6 is 0 Å². The molecule has 2 N–H and O–H groups in total. The zero-order valence-corrected chi connectivity index (χ0v) is 11.7. The highest BCUT2D eigenvalue weighted by molar-refractivity contribution is 5.50. The van der Waals surface area contributed by atoms with Crippen molar-refractivity contribution in [1.82, 2.24) is 0 Å². The number of nitrogens with one attached hydrogen (secondary N) is 1. The normalized spacial score (nSPS) is 14.2. The van der Waals surface area contributed by atoms with E-state index in [9.17, 15) is 5.11 Å². The van der Waals surface area contributed by atoms with Crippen molar-refractivity contribution in [2.75, 3.05) is 25.1 Å². The molecule has 0 saturated heterocycles. The lowest BCUT2D eigenvalue weighted by atomic mass is 9.88. The van der Waals surface area contributed by atoms with E-state index in [2.05, 4.69) is 31.3 Å². The lowest BCUT2D eigenvalue weighted by Crippen LogP contribution is -2.29. The maximum absolute atomic E-state index is 9.41. The van der Waals surface area contributed by atoms with Crippen LogP contribution in [0.1, 0.15) is 32.8 Å². The van der Waals surface area contributed by atoms with E-state index >= 15 is 0 Å². The number of aliphatic hydroxyl groups is 1. The van der Waals surface area contributed by atoms with E-state index in [0.717, 1.165) is 30.8 Å². The van der Waals surface area contributed by atoms with Crippen LogP contribution in [0.4, 0.5) is 5.69 Å². The van der Waals surface area contributed by atoms with Gasteiger partial charge in [0.05, 0.1) is 13.2 Å². The highest BCUT2D eigenvalue weighted by Crippen LogP contribution is 2.23.